The van der Waals surface area contributed by atoms with Crippen LogP contribution in [0, 0.1) is 0 Å². The van der Waals surface area contributed by atoms with Gasteiger partial charge in [-0.2, -0.15) is 0 Å². The Bertz CT molecular complexity index is 714. The van der Waals surface area contributed by atoms with E-state index in [1.807, 2.05) is 6.07 Å². The van der Waals surface area contributed by atoms with Crippen LogP contribution in [-0.4, -0.2) is 29.8 Å². The lowest BCUT2D eigenvalue weighted by atomic mass is 9.96. The summed E-state index contributed by atoms with van der Waals surface area (Å²) in [6.07, 6.45) is 3.10. The van der Waals surface area contributed by atoms with Crippen molar-refractivity contribution in [3.8, 4) is 0 Å². The molecule has 0 atom stereocenters. The SMILES string of the molecule is C[S+](C)(=O)CC(=O)c1ccccc1C(=O)c1ccccc1. The fourth-order valence-electron chi connectivity index (χ4n) is 2.06. The highest BCUT2D eigenvalue weighted by molar-refractivity contribution is 8.02. The molecule has 2 aromatic carbocycles. The molecular formula is C17H17O3S+. The molecule has 0 amide bonds. The molecule has 4 heteroatoms. The Morgan fingerprint density at radius 3 is 1.95 bits per heavy atom. The van der Waals surface area contributed by atoms with E-state index in [2.05, 4.69) is 0 Å². The second kappa shape index (κ2) is 6.14. The normalized spacial score (nSPS) is 11.1. The van der Waals surface area contributed by atoms with E-state index in [0.717, 1.165) is 0 Å². The number of benzene rings is 2. The summed E-state index contributed by atoms with van der Waals surface area (Å²) in [6.45, 7) is 0. The standard InChI is InChI=1S/C17H17O3S/c1-21(2,20)12-16(18)14-10-6-7-11-15(14)17(19)13-8-4-3-5-9-13/h3-11H,12H2,1-2H3/q+1. The summed E-state index contributed by atoms with van der Waals surface area (Å²) in [5.74, 6) is -0.505. The van der Waals surface area contributed by atoms with Crippen molar-refractivity contribution < 1.29 is 13.8 Å². The summed E-state index contributed by atoms with van der Waals surface area (Å²) in [6, 6.07) is 15.5. The average Bonchev–Trinajstić information content (AvgIpc) is 2.45. The van der Waals surface area contributed by atoms with Gasteiger partial charge in [0, 0.05) is 16.7 Å². The van der Waals surface area contributed by atoms with Gasteiger partial charge < -0.3 is 0 Å². The molecule has 0 N–H and O–H groups in total. The molecule has 0 saturated carbocycles. The number of rotatable bonds is 5. The third kappa shape index (κ3) is 3.95. The van der Waals surface area contributed by atoms with Crippen molar-refractivity contribution in [3.05, 3.63) is 71.3 Å². The number of hydrogen-bond donors (Lipinski definition) is 0. The van der Waals surface area contributed by atoms with E-state index in [9.17, 15) is 13.8 Å². The fourth-order valence-corrected chi connectivity index (χ4v) is 2.85. The minimum absolute atomic E-state index is 0.0495. The molecule has 2 aromatic rings. The van der Waals surface area contributed by atoms with Crippen LogP contribution in [0.4, 0.5) is 0 Å². The molecule has 3 nitrogen and oxygen atoms in total. The summed E-state index contributed by atoms with van der Waals surface area (Å²) in [4.78, 5) is 24.8. The molecule has 0 radical (unpaired) electrons. The molecule has 21 heavy (non-hydrogen) atoms. The lowest BCUT2D eigenvalue weighted by Gasteiger charge is -2.08. The van der Waals surface area contributed by atoms with Gasteiger partial charge in [0.1, 0.15) is 12.5 Å². The van der Waals surface area contributed by atoms with Crippen molar-refractivity contribution >= 4 is 21.5 Å². The van der Waals surface area contributed by atoms with E-state index < -0.39 is 9.93 Å². The molecule has 0 spiro atoms. The van der Waals surface area contributed by atoms with Crippen LogP contribution in [0.5, 0.6) is 0 Å². The molecule has 0 heterocycles. The van der Waals surface area contributed by atoms with Gasteiger partial charge in [0.15, 0.2) is 11.5 Å². The maximum atomic E-state index is 12.5. The zero-order valence-electron chi connectivity index (χ0n) is 12.0. The van der Waals surface area contributed by atoms with E-state index in [0.29, 0.717) is 16.7 Å². The molecule has 0 saturated heterocycles. The molecule has 0 aliphatic rings. The van der Waals surface area contributed by atoms with Crippen molar-refractivity contribution in [1.29, 1.82) is 0 Å². The van der Waals surface area contributed by atoms with Gasteiger partial charge in [-0.3, -0.25) is 9.59 Å². The van der Waals surface area contributed by atoms with Crippen LogP contribution >= 0.6 is 0 Å². The van der Waals surface area contributed by atoms with E-state index in [1.54, 1.807) is 61.0 Å². The van der Waals surface area contributed by atoms with Gasteiger partial charge in [0.2, 0.25) is 5.78 Å². The number of carbonyl (C=O) groups is 2. The summed E-state index contributed by atoms with van der Waals surface area (Å²) in [5, 5.41) is 0. The van der Waals surface area contributed by atoms with Crippen LogP contribution in [0.15, 0.2) is 54.6 Å². The zero-order valence-corrected chi connectivity index (χ0v) is 12.9. The fraction of sp³-hybridized carbons (Fsp3) is 0.176. The first-order valence-corrected chi connectivity index (χ1v) is 9.07. The van der Waals surface area contributed by atoms with Crippen molar-refractivity contribution in [2.75, 3.05) is 18.3 Å². The third-order valence-electron chi connectivity index (χ3n) is 2.99. The van der Waals surface area contributed by atoms with E-state index >= 15 is 0 Å². The first-order valence-electron chi connectivity index (χ1n) is 6.52. The third-order valence-corrected chi connectivity index (χ3v) is 3.94. The Hall–Kier alpha value is -2.07. The molecular weight excluding hydrogens is 284 g/mol. The highest BCUT2D eigenvalue weighted by Gasteiger charge is 2.24. The Balaban J connectivity index is 2.40. The number of Topliss-reactive ketones (excluding diaryl/α,β-unsaturated/α-hetero) is 1. The topological polar surface area (TPSA) is 51.2 Å². The van der Waals surface area contributed by atoms with Gasteiger partial charge >= 0.3 is 0 Å². The average molecular weight is 301 g/mol. The molecule has 0 bridgehead atoms. The maximum absolute atomic E-state index is 12.5. The predicted molar refractivity (Wildman–Crippen MR) is 85.4 cm³/mol. The van der Waals surface area contributed by atoms with E-state index in [1.165, 1.54) is 0 Å². The van der Waals surface area contributed by atoms with Crippen LogP contribution in [-0.2, 0) is 14.1 Å². The molecule has 0 aromatic heterocycles. The second-order valence-electron chi connectivity index (χ2n) is 5.25. The van der Waals surface area contributed by atoms with Crippen LogP contribution < -0.4 is 0 Å². The van der Waals surface area contributed by atoms with Crippen molar-refractivity contribution in [2.45, 2.75) is 0 Å². The Kier molecular flexibility index (Phi) is 4.48. The van der Waals surface area contributed by atoms with Crippen molar-refractivity contribution in [3.63, 3.8) is 0 Å². The van der Waals surface area contributed by atoms with E-state index in [-0.39, 0.29) is 17.3 Å². The number of hydrogen-bond acceptors (Lipinski definition) is 3. The summed E-state index contributed by atoms with van der Waals surface area (Å²) >= 11 is 0. The molecule has 108 valence electrons. The monoisotopic (exact) mass is 301 g/mol. The molecule has 0 aliphatic heterocycles. The quantitative estimate of drug-likeness (QED) is 0.630. The van der Waals surface area contributed by atoms with Crippen LogP contribution in [0.2, 0.25) is 0 Å². The van der Waals surface area contributed by atoms with Gasteiger partial charge in [-0.15, -0.1) is 4.21 Å². The van der Waals surface area contributed by atoms with Gasteiger partial charge in [-0.05, 0) is 0 Å². The number of carbonyl (C=O) groups excluding carboxylic acids is 2. The van der Waals surface area contributed by atoms with Crippen molar-refractivity contribution in [2.24, 2.45) is 0 Å². The molecule has 0 fully saturated rings. The Morgan fingerprint density at radius 2 is 1.38 bits per heavy atom. The molecule has 0 aliphatic carbocycles. The van der Waals surface area contributed by atoms with Crippen LogP contribution in [0.25, 0.3) is 0 Å². The lowest BCUT2D eigenvalue weighted by molar-refractivity contribution is 0.0992. The minimum atomic E-state index is -2.19. The van der Waals surface area contributed by atoms with Gasteiger partial charge in [0.05, 0.1) is 9.93 Å². The summed E-state index contributed by atoms with van der Waals surface area (Å²) in [7, 11) is -2.19. The van der Waals surface area contributed by atoms with Gasteiger partial charge in [-0.25, -0.2) is 0 Å². The second-order valence-corrected chi connectivity index (χ2v) is 8.41. The van der Waals surface area contributed by atoms with Crippen LogP contribution in [0.1, 0.15) is 26.3 Å². The maximum Gasteiger partial charge on any atom is 0.212 e. The largest absolute Gasteiger partial charge is 0.289 e. The minimum Gasteiger partial charge on any atom is -0.289 e. The smallest absolute Gasteiger partial charge is 0.212 e. The molecule has 0 unspecified atom stereocenters. The predicted octanol–water partition coefficient (Wildman–Crippen LogP) is 2.86. The highest BCUT2D eigenvalue weighted by atomic mass is 32.2. The Morgan fingerprint density at radius 1 is 0.857 bits per heavy atom. The van der Waals surface area contributed by atoms with E-state index in [4.69, 9.17) is 0 Å². The highest BCUT2D eigenvalue weighted by Crippen LogP contribution is 2.16. The lowest BCUT2D eigenvalue weighted by Crippen LogP contribution is -2.21. The van der Waals surface area contributed by atoms with Gasteiger partial charge in [0.25, 0.3) is 0 Å². The summed E-state index contributed by atoms with van der Waals surface area (Å²) < 4.78 is 11.8. The molecule has 2 rings (SSSR count). The Labute approximate surface area is 125 Å². The van der Waals surface area contributed by atoms with Gasteiger partial charge in [-0.1, -0.05) is 54.6 Å². The summed E-state index contributed by atoms with van der Waals surface area (Å²) in [5.41, 5.74) is 1.23. The van der Waals surface area contributed by atoms with Crippen LogP contribution in [0.3, 0.4) is 0 Å². The van der Waals surface area contributed by atoms with Crippen molar-refractivity contribution in [1.82, 2.24) is 0 Å². The number of ketones is 2. The zero-order chi connectivity index (χ0) is 15.5. The first-order chi connectivity index (χ1) is 9.88. The first kappa shape index (κ1) is 15.3.